The van der Waals surface area contributed by atoms with Crippen molar-refractivity contribution in [3.05, 3.63) is 42.5 Å². The molecule has 0 aliphatic carbocycles. The van der Waals surface area contributed by atoms with Crippen molar-refractivity contribution in [2.75, 3.05) is 12.4 Å². The summed E-state index contributed by atoms with van der Waals surface area (Å²) < 4.78 is 28.0. The predicted octanol–water partition coefficient (Wildman–Crippen LogP) is 2.56. The summed E-state index contributed by atoms with van der Waals surface area (Å²) in [6, 6.07) is 11.8. The fraction of sp³-hybridized carbons (Fsp3) is 0.133. The standard InChI is InChI=1S/C15H15NO4S/c1-10(17)16-15-12(7-5-8-13(15)20-2)11-6-3-4-9-14(11)21(18)19/h3-9H,1-2H3,(H,16,17)(H,18,19)/p-1. The molecule has 5 nitrogen and oxygen atoms in total. The predicted molar refractivity (Wildman–Crippen MR) is 79.9 cm³/mol. The van der Waals surface area contributed by atoms with Gasteiger partial charge in [0.1, 0.15) is 5.75 Å². The van der Waals surface area contributed by atoms with Crippen molar-refractivity contribution in [2.24, 2.45) is 0 Å². The smallest absolute Gasteiger partial charge is 0.221 e. The molecule has 21 heavy (non-hydrogen) atoms. The maximum absolute atomic E-state index is 11.4. The summed E-state index contributed by atoms with van der Waals surface area (Å²) in [5, 5.41) is 2.69. The number of hydrogen-bond donors (Lipinski definition) is 1. The van der Waals surface area contributed by atoms with Crippen molar-refractivity contribution in [2.45, 2.75) is 11.8 Å². The third-order valence-corrected chi connectivity index (χ3v) is 3.62. The average Bonchev–Trinajstić information content (AvgIpc) is 2.47. The summed E-state index contributed by atoms with van der Waals surface area (Å²) in [5.41, 5.74) is 1.54. The second-order valence-electron chi connectivity index (χ2n) is 4.29. The lowest BCUT2D eigenvalue weighted by Crippen LogP contribution is -2.09. The highest BCUT2D eigenvalue weighted by atomic mass is 32.2. The average molecular weight is 304 g/mol. The number of amides is 1. The summed E-state index contributed by atoms with van der Waals surface area (Å²) in [6.07, 6.45) is 0. The molecule has 0 bridgehead atoms. The third-order valence-electron chi connectivity index (χ3n) is 2.90. The van der Waals surface area contributed by atoms with Gasteiger partial charge in [0.2, 0.25) is 5.91 Å². The van der Waals surface area contributed by atoms with Crippen LogP contribution in [0.25, 0.3) is 11.1 Å². The molecule has 0 radical (unpaired) electrons. The number of carbonyl (C=O) groups is 1. The Balaban J connectivity index is 2.69. The number of rotatable bonds is 4. The van der Waals surface area contributed by atoms with Crippen LogP contribution < -0.4 is 10.1 Å². The summed E-state index contributed by atoms with van der Waals surface area (Å²) >= 11 is -2.37. The van der Waals surface area contributed by atoms with Crippen LogP contribution in [0.1, 0.15) is 6.92 Å². The molecule has 2 aromatic carbocycles. The minimum absolute atomic E-state index is 0.164. The summed E-state index contributed by atoms with van der Waals surface area (Å²) in [5.74, 6) is 0.204. The second kappa shape index (κ2) is 6.51. The molecule has 0 fully saturated rings. The zero-order chi connectivity index (χ0) is 15.4. The van der Waals surface area contributed by atoms with Gasteiger partial charge in [0.05, 0.1) is 12.8 Å². The molecule has 1 N–H and O–H groups in total. The lowest BCUT2D eigenvalue weighted by Gasteiger charge is -2.17. The van der Waals surface area contributed by atoms with Crippen LogP contribution in [0.5, 0.6) is 5.75 Å². The van der Waals surface area contributed by atoms with E-state index >= 15 is 0 Å². The van der Waals surface area contributed by atoms with E-state index in [0.717, 1.165) is 0 Å². The molecular weight excluding hydrogens is 290 g/mol. The molecule has 2 rings (SSSR count). The van der Waals surface area contributed by atoms with Gasteiger partial charge in [-0.2, -0.15) is 0 Å². The molecule has 0 saturated heterocycles. The number of anilines is 1. The van der Waals surface area contributed by atoms with Gasteiger partial charge in [0.15, 0.2) is 0 Å². The van der Waals surface area contributed by atoms with Crippen molar-refractivity contribution in [1.29, 1.82) is 0 Å². The van der Waals surface area contributed by atoms with E-state index in [4.69, 9.17) is 4.74 Å². The van der Waals surface area contributed by atoms with Crippen LogP contribution in [0, 0.1) is 0 Å². The van der Waals surface area contributed by atoms with E-state index in [0.29, 0.717) is 22.6 Å². The van der Waals surface area contributed by atoms with Crippen LogP contribution in [0.3, 0.4) is 0 Å². The Labute approximate surface area is 125 Å². The van der Waals surface area contributed by atoms with E-state index in [1.165, 1.54) is 20.1 Å². The minimum atomic E-state index is -2.37. The van der Waals surface area contributed by atoms with Crippen LogP contribution >= 0.6 is 0 Å². The van der Waals surface area contributed by atoms with Crippen LogP contribution in [0.15, 0.2) is 47.4 Å². The van der Waals surface area contributed by atoms with Crippen molar-refractivity contribution < 1.29 is 18.3 Å². The Bertz CT molecular complexity index is 700. The molecule has 0 heterocycles. The first kappa shape index (κ1) is 15.2. The maximum atomic E-state index is 11.4. The Morgan fingerprint density at radius 2 is 1.81 bits per heavy atom. The normalized spacial score (nSPS) is 11.8. The van der Waals surface area contributed by atoms with Gasteiger partial charge in [-0.25, -0.2) is 0 Å². The Morgan fingerprint density at radius 1 is 1.14 bits per heavy atom. The van der Waals surface area contributed by atoms with Gasteiger partial charge < -0.3 is 14.6 Å². The van der Waals surface area contributed by atoms with E-state index in [1.807, 2.05) is 0 Å². The zero-order valence-electron chi connectivity index (χ0n) is 11.6. The van der Waals surface area contributed by atoms with E-state index in [1.54, 1.807) is 36.4 Å². The number of para-hydroxylation sites is 1. The van der Waals surface area contributed by atoms with Crippen molar-refractivity contribution in [3.63, 3.8) is 0 Å². The third kappa shape index (κ3) is 3.29. The molecule has 6 heteroatoms. The summed E-state index contributed by atoms with van der Waals surface area (Å²) in [6.45, 7) is 1.38. The van der Waals surface area contributed by atoms with E-state index < -0.39 is 11.1 Å². The van der Waals surface area contributed by atoms with Gasteiger partial charge in [-0.1, -0.05) is 30.3 Å². The second-order valence-corrected chi connectivity index (χ2v) is 5.20. The Hall–Kier alpha value is -2.18. The highest BCUT2D eigenvalue weighted by molar-refractivity contribution is 7.79. The van der Waals surface area contributed by atoms with E-state index in [-0.39, 0.29) is 10.8 Å². The SMILES string of the molecule is COc1cccc(-c2ccccc2S(=O)[O-])c1NC(C)=O. The van der Waals surface area contributed by atoms with E-state index in [2.05, 4.69) is 5.32 Å². The number of ether oxygens (including phenoxy) is 1. The largest absolute Gasteiger partial charge is 0.768 e. The van der Waals surface area contributed by atoms with Crippen LogP contribution in [-0.2, 0) is 15.9 Å². The van der Waals surface area contributed by atoms with Crippen molar-refractivity contribution in [3.8, 4) is 16.9 Å². The van der Waals surface area contributed by atoms with Gasteiger partial charge in [-0.3, -0.25) is 9.00 Å². The van der Waals surface area contributed by atoms with Gasteiger partial charge >= 0.3 is 0 Å². The maximum Gasteiger partial charge on any atom is 0.221 e. The number of benzene rings is 2. The lowest BCUT2D eigenvalue weighted by atomic mass is 10.0. The molecule has 1 unspecified atom stereocenters. The Kier molecular flexibility index (Phi) is 4.72. The lowest BCUT2D eigenvalue weighted by molar-refractivity contribution is -0.114. The van der Waals surface area contributed by atoms with Gasteiger partial charge in [-0.15, -0.1) is 0 Å². The first-order valence-electron chi connectivity index (χ1n) is 6.18. The molecule has 0 aromatic heterocycles. The fourth-order valence-corrected chi connectivity index (χ4v) is 2.61. The van der Waals surface area contributed by atoms with Crippen molar-refractivity contribution in [1.82, 2.24) is 0 Å². The molecule has 0 saturated carbocycles. The van der Waals surface area contributed by atoms with Crippen molar-refractivity contribution >= 4 is 22.7 Å². The highest BCUT2D eigenvalue weighted by Crippen LogP contribution is 2.38. The molecule has 0 aliphatic heterocycles. The topological polar surface area (TPSA) is 78.5 Å². The first-order chi connectivity index (χ1) is 10.0. The number of nitrogens with one attached hydrogen (secondary N) is 1. The molecule has 110 valence electrons. The molecule has 2 aromatic rings. The molecular formula is C15H14NO4S-. The van der Waals surface area contributed by atoms with Gasteiger partial charge in [-0.05, 0) is 28.8 Å². The number of methoxy groups -OCH3 is 1. The fourth-order valence-electron chi connectivity index (χ4n) is 2.07. The molecule has 1 amide bonds. The highest BCUT2D eigenvalue weighted by Gasteiger charge is 2.14. The first-order valence-corrected chi connectivity index (χ1v) is 7.25. The van der Waals surface area contributed by atoms with Crippen LogP contribution in [-0.4, -0.2) is 21.8 Å². The summed E-state index contributed by atoms with van der Waals surface area (Å²) in [4.78, 5) is 11.6. The molecule has 1 atom stereocenters. The van der Waals surface area contributed by atoms with Crippen LogP contribution in [0.2, 0.25) is 0 Å². The minimum Gasteiger partial charge on any atom is -0.768 e. The summed E-state index contributed by atoms with van der Waals surface area (Å²) in [7, 11) is 1.49. The monoisotopic (exact) mass is 304 g/mol. The quantitative estimate of drug-likeness (QED) is 0.880. The van der Waals surface area contributed by atoms with Gasteiger partial charge in [0, 0.05) is 17.4 Å². The van der Waals surface area contributed by atoms with E-state index in [9.17, 15) is 13.6 Å². The zero-order valence-corrected chi connectivity index (χ0v) is 12.4. The molecule has 0 spiro atoms. The van der Waals surface area contributed by atoms with Crippen LogP contribution in [0.4, 0.5) is 5.69 Å². The Morgan fingerprint density at radius 3 is 2.43 bits per heavy atom. The van der Waals surface area contributed by atoms with Gasteiger partial charge in [0.25, 0.3) is 0 Å². The number of carbonyl (C=O) groups excluding carboxylic acids is 1. The number of hydrogen-bond acceptors (Lipinski definition) is 4. The molecule has 0 aliphatic rings.